The van der Waals surface area contributed by atoms with Gasteiger partial charge in [0, 0.05) is 18.7 Å². The molecule has 160 valence electrons. The standard InChI is InChI=1S/C20H16F2N4O3S2/c1-11-3-6-16-13(7-11)19-17(31(28,29)26(16)2)9-23-20(25-19)30-10-18(27)24-15-8-12(21)4-5-14(15)22/h3-9H,10H2,1-2H3,(H,24,27). The molecule has 0 aliphatic carbocycles. The van der Waals surface area contributed by atoms with E-state index in [2.05, 4.69) is 15.3 Å². The van der Waals surface area contributed by atoms with E-state index in [4.69, 9.17) is 0 Å². The minimum atomic E-state index is -3.80. The number of carbonyl (C=O) groups excluding carboxylic acids is 1. The van der Waals surface area contributed by atoms with Crippen LogP contribution < -0.4 is 9.62 Å². The molecular weight excluding hydrogens is 446 g/mol. The number of hydrogen-bond acceptors (Lipinski definition) is 6. The van der Waals surface area contributed by atoms with Crippen LogP contribution in [0, 0.1) is 18.6 Å². The summed E-state index contributed by atoms with van der Waals surface area (Å²) in [5.74, 6) is -2.20. The number of anilines is 2. The van der Waals surface area contributed by atoms with Gasteiger partial charge in [-0.1, -0.05) is 23.4 Å². The van der Waals surface area contributed by atoms with Crippen molar-refractivity contribution in [1.82, 2.24) is 9.97 Å². The van der Waals surface area contributed by atoms with Crippen LogP contribution in [0.1, 0.15) is 5.56 Å². The zero-order chi connectivity index (χ0) is 22.3. The number of aryl methyl sites for hydroxylation is 1. The number of halogens is 2. The van der Waals surface area contributed by atoms with Crippen molar-refractivity contribution in [3.8, 4) is 11.3 Å². The molecule has 0 atom stereocenters. The zero-order valence-corrected chi connectivity index (χ0v) is 18.0. The molecule has 0 spiro atoms. The summed E-state index contributed by atoms with van der Waals surface area (Å²) in [6.07, 6.45) is 1.21. The first-order valence-corrected chi connectivity index (χ1v) is 11.4. The highest BCUT2D eigenvalue weighted by Gasteiger charge is 2.34. The number of rotatable bonds is 4. The predicted octanol–water partition coefficient (Wildman–Crippen LogP) is 3.60. The lowest BCUT2D eigenvalue weighted by atomic mass is 10.1. The Morgan fingerprint density at radius 2 is 1.97 bits per heavy atom. The maximum Gasteiger partial charge on any atom is 0.267 e. The van der Waals surface area contributed by atoms with Gasteiger partial charge >= 0.3 is 0 Å². The summed E-state index contributed by atoms with van der Waals surface area (Å²) in [5.41, 5.74) is 2.05. The molecule has 0 fully saturated rings. The van der Waals surface area contributed by atoms with Crippen LogP contribution in [0.25, 0.3) is 11.3 Å². The number of sulfonamides is 1. The Balaban J connectivity index is 1.59. The number of benzene rings is 2. The van der Waals surface area contributed by atoms with Gasteiger partial charge in [0.1, 0.15) is 16.5 Å². The largest absolute Gasteiger partial charge is 0.323 e. The Hall–Kier alpha value is -3.05. The second-order valence-corrected chi connectivity index (χ2v) is 9.70. The van der Waals surface area contributed by atoms with Crippen LogP contribution in [-0.2, 0) is 14.8 Å². The molecule has 2 heterocycles. The summed E-state index contributed by atoms with van der Waals surface area (Å²) in [6.45, 7) is 1.88. The molecular formula is C20H16F2N4O3S2. The SMILES string of the molecule is Cc1ccc2c(c1)-c1nc(SCC(=O)Nc3cc(F)ccc3F)ncc1S(=O)(=O)N2C. The van der Waals surface area contributed by atoms with Crippen molar-refractivity contribution in [1.29, 1.82) is 0 Å². The Labute approximate surface area is 181 Å². The number of carbonyl (C=O) groups is 1. The second-order valence-electron chi connectivity index (χ2n) is 6.82. The van der Waals surface area contributed by atoms with Gasteiger partial charge in [0.25, 0.3) is 10.0 Å². The van der Waals surface area contributed by atoms with E-state index in [9.17, 15) is 22.0 Å². The average Bonchev–Trinajstić information content (AvgIpc) is 2.73. The highest BCUT2D eigenvalue weighted by Crippen LogP contribution is 2.41. The second kappa shape index (κ2) is 7.89. The number of fused-ring (bicyclic) bond motifs is 3. The molecule has 4 rings (SSSR count). The van der Waals surface area contributed by atoms with E-state index >= 15 is 0 Å². The fourth-order valence-electron chi connectivity index (χ4n) is 3.11. The van der Waals surface area contributed by atoms with Crippen LogP contribution >= 0.6 is 11.8 Å². The molecule has 1 aromatic heterocycles. The lowest BCUT2D eigenvalue weighted by Crippen LogP contribution is -2.31. The van der Waals surface area contributed by atoms with Gasteiger partial charge in [-0.2, -0.15) is 0 Å². The first-order valence-electron chi connectivity index (χ1n) is 9.01. The predicted molar refractivity (Wildman–Crippen MR) is 114 cm³/mol. The van der Waals surface area contributed by atoms with Crippen LogP contribution in [0.3, 0.4) is 0 Å². The zero-order valence-electron chi connectivity index (χ0n) is 16.4. The van der Waals surface area contributed by atoms with Crippen molar-refractivity contribution < 1.29 is 22.0 Å². The molecule has 7 nitrogen and oxygen atoms in total. The van der Waals surface area contributed by atoms with Gasteiger partial charge in [-0.3, -0.25) is 9.10 Å². The monoisotopic (exact) mass is 462 g/mol. The van der Waals surface area contributed by atoms with Crippen molar-refractivity contribution in [3.63, 3.8) is 0 Å². The summed E-state index contributed by atoms with van der Waals surface area (Å²) in [5, 5.41) is 2.47. The van der Waals surface area contributed by atoms with Gasteiger partial charge in [-0.05, 0) is 31.2 Å². The number of aromatic nitrogens is 2. The van der Waals surface area contributed by atoms with Crippen LogP contribution in [0.2, 0.25) is 0 Å². The lowest BCUT2D eigenvalue weighted by Gasteiger charge is -2.28. The van der Waals surface area contributed by atoms with Crippen LogP contribution in [0.5, 0.6) is 0 Å². The van der Waals surface area contributed by atoms with Crippen molar-refractivity contribution in [2.45, 2.75) is 17.0 Å². The van der Waals surface area contributed by atoms with Crippen LogP contribution in [0.15, 0.2) is 52.6 Å². The van der Waals surface area contributed by atoms with Gasteiger partial charge in [-0.15, -0.1) is 0 Å². The first kappa shape index (κ1) is 21.2. The van der Waals surface area contributed by atoms with Crippen molar-refractivity contribution in [2.75, 3.05) is 22.4 Å². The average molecular weight is 463 g/mol. The van der Waals surface area contributed by atoms with E-state index in [1.54, 1.807) is 6.07 Å². The molecule has 1 aliphatic heterocycles. The molecule has 0 bridgehead atoms. The van der Waals surface area contributed by atoms with Crippen LogP contribution in [-0.4, -0.2) is 37.1 Å². The molecule has 2 aromatic carbocycles. The molecule has 0 saturated carbocycles. The third-order valence-corrected chi connectivity index (χ3v) is 7.29. The minimum Gasteiger partial charge on any atom is -0.323 e. The smallest absolute Gasteiger partial charge is 0.267 e. The van der Waals surface area contributed by atoms with Gasteiger partial charge < -0.3 is 5.32 Å². The molecule has 31 heavy (non-hydrogen) atoms. The Kier molecular flexibility index (Phi) is 5.40. The van der Waals surface area contributed by atoms with Crippen molar-refractivity contribution in [2.24, 2.45) is 0 Å². The molecule has 3 aromatic rings. The number of hydrogen-bond donors (Lipinski definition) is 1. The topological polar surface area (TPSA) is 92.3 Å². The highest BCUT2D eigenvalue weighted by molar-refractivity contribution is 7.99. The molecule has 1 N–H and O–H groups in total. The molecule has 0 radical (unpaired) electrons. The minimum absolute atomic E-state index is 0.0243. The van der Waals surface area contributed by atoms with E-state index in [0.717, 1.165) is 35.5 Å². The highest BCUT2D eigenvalue weighted by atomic mass is 32.2. The maximum absolute atomic E-state index is 13.7. The van der Waals surface area contributed by atoms with Crippen LogP contribution in [0.4, 0.5) is 20.2 Å². The molecule has 11 heteroatoms. The summed E-state index contributed by atoms with van der Waals surface area (Å²) in [4.78, 5) is 20.6. The molecule has 0 saturated heterocycles. The van der Waals surface area contributed by atoms with Gasteiger partial charge in [0.15, 0.2) is 5.16 Å². The Bertz CT molecular complexity index is 1320. The quantitative estimate of drug-likeness (QED) is 0.471. The van der Waals surface area contributed by atoms with E-state index in [1.165, 1.54) is 17.5 Å². The summed E-state index contributed by atoms with van der Waals surface area (Å²) in [6, 6.07) is 8.10. The summed E-state index contributed by atoms with van der Waals surface area (Å²) in [7, 11) is -2.34. The number of amides is 1. The third kappa shape index (κ3) is 3.98. The van der Waals surface area contributed by atoms with Gasteiger partial charge in [-0.25, -0.2) is 27.2 Å². The van der Waals surface area contributed by atoms with E-state index < -0.39 is 27.6 Å². The van der Waals surface area contributed by atoms with Gasteiger partial charge in [0.05, 0.1) is 29.0 Å². The number of nitrogens with one attached hydrogen (secondary N) is 1. The maximum atomic E-state index is 13.7. The number of thioether (sulfide) groups is 1. The summed E-state index contributed by atoms with van der Waals surface area (Å²) >= 11 is 0.952. The molecule has 1 aliphatic rings. The van der Waals surface area contributed by atoms with Gasteiger partial charge in [0.2, 0.25) is 5.91 Å². The van der Waals surface area contributed by atoms with Crippen molar-refractivity contribution in [3.05, 3.63) is 59.8 Å². The molecule has 1 amide bonds. The third-order valence-electron chi connectivity index (χ3n) is 4.65. The fraction of sp³-hybridized carbons (Fsp3) is 0.150. The summed E-state index contributed by atoms with van der Waals surface area (Å²) < 4.78 is 53.7. The van der Waals surface area contributed by atoms with E-state index in [-0.39, 0.29) is 27.2 Å². The fourth-order valence-corrected chi connectivity index (χ4v) is 5.02. The lowest BCUT2D eigenvalue weighted by molar-refractivity contribution is -0.113. The Morgan fingerprint density at radius 1 is 1.19 bits per heavy atom. The van der Waals surface area contributed by atoms with E-state index in [0.29, 0.717) is 11.3 Å². The number of nitrogens with zero attached hydrogens (tertiary/aromatic N) is 3. The molecule has 0 unspecified atom stereocenters. The Morgan fingerprint density at radius 3 is 2.74 bits per heavy atom. The van der Waals surface area contributed by atoms with E-state index in [1.807, 2.05) is 19.1 Å². The first-order chi connectivity index (χ1) is 14.7. The normalized spacial score (nSPS) is 14.0. The van der Waals surface area contributed by atoms with Crippen molar-refractivity contribution >= 4 is 39.1 Å².